The van der Waals surface area contributed by atoms with Crippen LogP contribution in [0.15, 0.2) is 24.4 Å². The minimum absolute atomic E-state index is 0.0159. The molecule has 1 N–H and O–H groups in total. The fraction of sp³-hybridized carbons (Fsp3) is 0.476. The van der Waals surface area contributed by atoms with Crippen molar-refractivity contribution in [2.24, 2.45) is 5.92 Å². The van der Waals surface area contributed by atoms with Gasteiger partial charge in [0.15, 0.2) is 0 Å². The summed E-state index contributed by atoms with van der Waals surface area (Å²) in [5.41, 5.74) is 4.02. The number of ether oxygens (including phenoxy) is 1. The molecule has 4 rings (SSSR count). The van der Waals surface area contributed by atoms with Crippen LogP contribution in [-0.2, 0) is 30.7 Å². The van der Waals surface area contributed by atoms with Crippen LogP contribution in [0, 0.1) is 5.92 Å². The van der Waals surface area contributed by atoms with Crippen LogP contribution in [0.3, 0.4) is 0 Å². The zero-order chi connectivity index (χ0) is 19.7. The number of carbonyl (C=O) groups excluding carboxylic acids is 2. The third-order valence-electron chi connectivity index (χ3n) is 5.78. The lowest BCUT2D eigenvalue weighted by atomic mass is 9.93. The van der Waals surface area contributed by atoms with Gasteiger partial charge in [-0.3, -0.25) is 14.3 Å². The quantitative estimate of drug-likeness (QED) is 0.875. The van der Waals surface area contributed by atoms with E-state index in [0.29, 0.717) is 31.1 Å². The number of amides is 2. The van der Waals surface area contributed by atoms with Gasteiger partial charge in [0.05, 0.1) is 24.6 Å². The third kappa shape index (κ3) is 3.48. The van der Waals surface area contributed by atoms with Gasteiger partial charge in [-0.2, -0.15) is 5.10 Å². The number of methoxy groups -OCH3 is 1. The number of hydrogen-bond donors (Lipinski definition) is 1. The Morgan fingerprint density at radius 2 is 2.18 bits per heavy atom. The molecule has 0 radical (unpaired) electrons. The number of fused-ring (bicyclic) bond motifs is 2. The Hall–Kier alpha value is -2.83. The van der Waals surface area contributed by atoms with E-state index < -0.39 is 0 Å². The first-order chi connectivity index (χ1) is 13.6. The first kappa shape index (κ1) is 18.5. The van der Waals surface area contributed by atoms with Crippen LogP contribution < -0.4 is 10.1 Å². The van der Waals surface area contributed by atoms with Crippen molar-refractivity contribution in [3.05, 3.63) is 46.8 Å². The van der Waals surface area contributed by atoms with Gasteiger partial charge < -0.3 is 15.0 Å². The topological polar surface area (TPSA) is 76.5 Å². The molecule has 0 spiro atoms. The van der Waals surface area contributed by atoms with E-state index in [9.17, 15) is 9.59 Å². The summed E-state index contributed by atoms with van der Waals surface area (Å²) in [4.78, 5) is 26.4. The molecule has 7 heteroatoms. The summed E-state index contributed by atoms with van der Waals surface area (Å²) < 4.78 is 7.40. The smallest absolute Gasteiger partial charge is 0.257 e. The Morgan fingerprint density at radius 3 is 2.96 bits per heavy atom. The molecule has 1 aromatic heterocycles. The number of aryl methyl sites for hydroxylation is 1. The molecule has 0 bridgehead atoms. The number of benzene rings is 1. The van der Waals surface area contributed by atoms with Gasteiger partial charge in [0.2, 0.25) is 5.91 Å². The van der Waals surface area contributed by atoms with Crippen molar-refractivity contribution in [1.82, 2.24) is 20.0 Å². The van der Waals surface area contributed by atoms with Crippen LogP contribution in [-0.4, -0.2) is 46.7 Å². The summed E-state index contributed by atoms with van der Waals surface area (Å²) in [5, 5.41) is 7.33. The standard InChI is InChI=1S/C21H26N4O3/c1-14(26)22-11-15-6-9-25-19(10-15)18(12-23-25)21(27)24-8-7-17-16(13-24)4-3-5-20(17)28-2/h3-5,12,15H,6-11,13H2,1-2H3,(H,22,26). The average Bonchev–Trinajstić information content (AvgIpc) is 3.14. The predicted molar refractivity (Wildman–Crippen MR) is 104 cm³/mol. The van der Waals surface area contributed by atoms with Crippen LogP contribution in [0.1, 0.15) is 40.5 Å². The number of nitrogens with one attached hydrogen (secondary N) is 1. The molecule has 1 aromatic carbocycles. The van der Waals surface area contributed by atoms with E-state index in [2.05, 4.69) is 16.5 Å². The zero-order valence-electron chi connectivity index (χ0n) is 16.4. The maximum absolute atomic E-state index is 13.2. The molecule has 2 amide bonds. The predicted octanol–water partition coefficient (Wildman–Crippen LogP) is 1.79. The van der Waals surface area contributed by atoms with Crippen LogP contribution >= 0.6 is 0 Å². The fourth-order valence-corrected chi connectivity index (χ4v) is 4.25. The number of rotatable bonds is 4. The summed E-state index contributed by atoms with van der Waals surface area (Å²) in [6.45, 7) is 4.22. The summed E-state index contributed by atoms with van der Waals surface area (Å²) in [5.74, 6) is 1.26. The second-order valence-corrected chi connectivity index (χ2v) is 7.60. The Bertz CT molecular complexity index is 905. The van der Waals surface area contributed by atoms with E-state index in [-0.39, 0.29) is 11.8 Å². The minimum Gasteiger partial charge on any atom is -0.496 e. The summed E-state index contributed by atoms with van der Waals surface area (Å²) in [6, 6.07) is 6.01. The number of hydrogen-bond acceptors (Lipinski definition) is 4. The molecule has 0 saturated heterocycles. The Balaban J connectivity index is 1.51. The maximum atomic E-state index is 13.2. The molecule has 148 valence electrons. The Kier molecular flexibility index (Phi) is 5.07. The van der Waals surface area contributed by atoms with Gasteiger partial charge in [0.25, 0.3) is 5.91 Å². The Labute approximate surface area is 164 Å². The van der Waals surface area contributed by atoms with E-state index >= 15 is 0 Å². The highest BCUT2D eigenvalue weighted by Crippen LogP contribution is 2.30. The van der Waals surface area contributed by atoms with Gasteiger partial charge in [-0.05, 0) is 36.8 Å². The molecular weight excluding hydrogens is 356 g/mol. The van der Waals surface area contributed by atoms with E-state index in [0.717, 1.165) is 42.8 Å². The summed E-state index contributed by atoms with van der Waals surface area (Å²) in [6.07, 6.45) is 4.22. The van der Waals surface area contributed by atoms with Crippen molar-refractivity contribution in [2.45, 2.75) is 39.3 Å². The van der Waals surface area contributed by atoms with Crippen molar-refractivity contribution < 1.29 is 14.3 Å². The van der Waals surface area contributed by atoms with Crippen LogP contribution in [0.25, 0.3) is 0 Å². The third-order valence-corrected chi connectivity index (χ3v) is 5.78. The minimum atomic E-state index is -0.0159. The molecule has 1 atom stereocenters. The molecule has 2 aliphatic rings. The van der Waals surface area contributed by atoms with Gasteiger partial charge in [0.1, 0.15) is 5.75 Å². The number of carbonyl (C=O) groups is 2. The van der Waals surface area contributed by atoms with Gasteiger partial charge in [-0.25, -0.2) is 0 Å². The van der Waals surface area contributed by atoms with Crippen molar-refractivity contribution in [2.75, 3.05) is 20.2 Å². The van der Waals surface area contributed by atoms with Crippen molar-refractivity contribution in [3.63, 3.8) is 0 Å². The second kappa shape index (κ2) is 7.66. The van der Waals surface area contributed by atoms with E-state index in [1.54, 1.807) is 13.3 Å². The SMILES string of the molecule is COc1cccc2c1CCN(C(=O)c1cnn3c1CC(CNC(C)=O)CC3)C2. The molecule has 3 heterocycles. The van der Waals surface area contributed by atoms with Crippen LogP contribution in [0.5, 0.6) is 5.75 Å². The molecule has 0 aliphatic carbocycles. The van der Waals surface area contributed by atoms with E-state index in [1.807, 2.05) is 21.7 Å². The lowest BCUT2D eigenvalue weighted by Crippen LogP contribution is -2.37. The van der Waals surface area contributed by atoms with Gasteiger partial charge in [-0.1, -0.05) is 12.1 Å². The summed E-state index contributed by atoms with van der Waals surface area (Å²) >= 11 is 0. The fourth-order valence-electron chi connectivity index (χ4n) is 4.25. The molecule has 2 aliphatic heterocycles. The lowest BCUT2D eigenvalue weighted by Gasteiger charge is -2.30. The van der Waals surface area contributed by atoms with Crippen LogP contribution in [0.2, 0.25) is 0 Å². The summed E-state index contributed by atoms with van der Waals surface area (Å²) in [7, 11) is 1.68. The first-order valence-corrected chi connectivity index (χ1v) is 9.80. The normalized spacial score (nSPS) is 18.2. The van der Waals surface area contributed by atoms with Crippen molar-refractivity contribution >= 4 is 11.8 Å². The molecule has 2 aromatic rings. The average molecular weight is 382 g/mol. The van der Waals surface area contributed by atoms with Gasteiger partial charge >= 0.3 is 0 Å². The molecular formula is C21H26N4O3. The molecule has 0 fully saturated rings. The lowest BCUT2D eigenvalue weighted by molar-refractivity contribution is -0.119. The van der Waals surface area contributed by atoms with E-state index in [1.165, 1.54) is 12.5 Å². The first-order valence-electron chi connectivity index (χ1n) is 9.80. The van der Waals surface area contributed by atoms with Gasteiger partial charge in [0, 0.05) is 38.7 Å². The van der Waals surface area contributed by atoms with Crippen molar-refractivity contribution in [1.29, 1.82) is 0 Å². The Morgan fingerprint density at radius 1 is 1.32 bits per heavy atom. The second-order valence-electron chi connectivity index (χ2n) is 7.60. The molecule has 1 unspecified atom stereocenters. The molecule has 0 saturated carbocycles. The van der Waals surface area contributed by atoms with Crippen molar-refractivity contribution in [3.8, 4) is 5.75 Å². The monoisotopic (exact) mass is 382 g/mol. The zero-order valence-corrected chi connectivity index (χ0v) is 16.4. The van der Waals surface area contributed by atoms with E-state index in [4.69, 9.17) is 4.74 Å². The number of aromatic nitrogens is 2. The van der Waals surface area contributed by atoms with Gasteiger partial charge in [-0.15, -0.1) is 0 Å². The number of nitrogens with zero attached hydrogens (tertiary/aromatic N) is 3. The molecule has 28 heavy (non-hydrogen) atoms. The largest absolute Gasteiger partial charge is 0.496 e. The highest BCUT2D eigenvalue weighted by atomic mass is 16.5. The highest BCUT2D eigenvalue weighted by Gasteiger charge is 2.29. The molecule has 7 nitrogen and oxygen atoms in total. The highest BCUT2D eigenvalue weighted by molar-refractivity contribution is 5.95. The van der Waals surface area contributed by atoms with Crippen LogP contribution in [0.4, 0.5) is 0 Å². The maximum Gasteiger partial charge on any atom is 0.257 e.